The first-order valence-electron chi connectivity index (χ1n) is 28.5. The van der Waals surface area contributed by atoms with Gasteiger partial charge in [-0.1, -0.05) is 152 Å². The van der Waals surface area contributed by atoms with Crippen molar-refractivity contribution in [2.45, 2.75) is 19.3 Å². The van der Waals surface area contributed by atoms with Gasteiger partial charge >= 0.3 is 0 Å². The predicted molar refractivity (Wildman–Crippen MR) is 340 cm³/mol. The molecule has 0 saturated heterocycles. The first kappa shape index (κ1) is 46.9. The zero-order valence-corrected chi connectivity index (χ0v) is 45.6. The Kier molecular flexibility index (Phi) is 9.58. The van der Waals surface area contributed by atoms with Gasteiger partial charge in [0.1, 0.15) is 22.8 Å². The highest BCUT2D eigenvalue weighted by molar-refractivity contribution is 6.19. The molecule has 3 aromatic heterocycles. The number of hydrogen-bond donors (Lipinski definition) is 0. The highest BCUT2D eigenvalue weighted by Crippen LogP contribution is 2.64. The van der Waals surface area contributed by atoms with E-state index >= 15 is 8.78 Å². The molecule has 13 aromatic carbocycles. The molecule has 5 nitrogen and oxygen atoms in total. The lowest BCUT2D eigenvalue weighted by atomic mass is 9.65. The van der Waals surface area contributed by atoms with Crippen LogP contribution in [0.2, 0.25) is 0 Å². The Hall–Kier alpha value is -10.8. The molecule has 0 bridgehead atoms. The van der Waals surface area contributed by atoms with Crippen molar-refractivity contribution in [2.75, 3.05) is 9.80 Å². The normalized spacial score (nSPS) is 13.1. The Balaban J connectivity index is 1.01. The molecule has 0 radical (unpaired) electrons. The summed E-state index contributed by atoms with van der Waals surface area (Å²) in [7, 11) is 0. The lowest BCUT2D eigenvalue weighted by molar-refractivity contribution is 0.627. The van der Waals surface area contributed by atoms with Gasteiger partial charge in [0, 0.05) is 55.1 Å². The molecule has 396 valence electrons. The van der Waals surface area contributed by atoms with Crippen LogP contribution in [0.25, 0.3) is 104 Å². The summed E-state index contributed by atoms with van der Waals surface area (Å²) in [5, 5.41) is 10.8. The molecular formula is C77H47F2N3O2. The second kappa shape index (κ2) is 17.1. The monoisotopic (exact) mass is 1080 g/mol. The number of fused-ring (bicyclic) bond motifs is 22. The molecule has 0 saturated carbocycles. The molecule has 0 atom stereocenters. The molecule has 1 spiro atoms. The van der Waals surface area contributed by atoms with Crippen molar-refractivity contribution >= 4 is 121 Å². The zero-order valence-electron chi connectivity index (χ0n) is 45.6. The fourth-order valence-electron chi connectivity index (χ4n) is 14.8. The highest BCUT2D eigenvalue weighted by Gasteiger charge is 2.52. The van der Waals surface area contributed by atoms with Gasteiger partial charge in [0.05, 0.1) is 33.5 Å². The lowest BCUT2D eigenvalue weighted by Crippen LogP contribution is -2.33. The number of anilines is 6. The maximum absolute atomic E-state index is 15.4. The number of aromatic nitrogens is 1. The van der Waals surface area contributed by atoms with Crippen LogP contribution >= 0.6 is 0 Å². The van der Waals surface area contributed by atoms with E-state index in [0.29, 0.717) is 0 Å². The Morgan fingerprint density at radius 1 is 0.345 bits per heavy atom. The van der Waals surface area contributed by atoms with Gasteiger partial charge in [-0.05, 0) is 177 Å². The largest absolute Gasteiger partial charge is 0.454 e. The Morgan fingerprint density at radius 2 is 0.810 bits per heavy atom. The van der Waals surface area contributed by atoms with Crippen LogP contribution in [0, 0.1) is 25.5 Å². The summed E-state index contributed by atoms with van der Waals surface area (Å²) >= 11 is 0. The summed E-state index contributed by atoms with van der Waals surface area (Å²) in [6, 6.07) is 86.0. The molecule has 7 heteroatoms. The van der Waals surface area contributed by atoms with E-state index in [-0.39, 0.29) is 11.6 Å². The molecule has 0 amide bonds. The number of rotatable bonds is 6. The third kappa shape index (κ3) is 6.24. The van der Waals surface area contributed by atoms with Crippen LogP contribution in [-0.2, 0) is 5.41 Å². The van der Waals surface area contributed by atoms with Gasteiger partial charge in [-0.3, -0.25) is 0 Å². The van der Waals surface area contributed by atoms with E-state index in [4.69, 9.17) is 8.83 Å². The molecule has 18 rings (SSSR count). The maximum Gasteiger partial charge on any atom is 0.159 e. The van der Waals surface area contributed by atoms with E-state index in [9.17, 15) is 0 Å². The van der Waals surface area contributed by atoms with E-state index in [1.807, 2.05) is 24.3 Å². The first-order chi connectivity index (χ1) is 41.3. The van der Waals surface area contributed by atoms with Crippen molar-refractivity contribution in [3.63, 3.8) is 0 Å². The third-order valence-corrected chi connectivity index (χ3v) is 18.3. The van der Waals surface area contributed by atoms with Crippen LogP contribution in [0.1, 0.15) is 33.4 Å². The average Bonchev–Trinajstić information content (AvgIpc) is 1.48. The van der Waals surface area contributed by atoms with Crippen LogP contribution in [0.3, 0.4) is 0 Å². The maximum atomic E-state index is 15.4. The molecule has 0 fully saturated rings. The smallest absolute Gasteiger partial charge is 0.159 e. The number of nitrogens with zero attached hydrogens (tertiary/aromatic N) is 3. The quantitative estimate of drug-likeness (QED) is 0.166. The van der Waals surface area contributed by atoms with E-state index < -0.39 is 5.41 Å². The summed E-state index contributed by atoms with van der Waals surface area (Å²) in [5.74, 6) is -0.651. The van der Waals surface area contributed by atoms with Crippen LogP contribution in [0.4, 0.5) is 42.9 Å². The molecule has 0 N–H and O–H groups in total. The van der Waals surface area contributed by atoms with Crippen molar-refractivity contribution in [3.05, 3.63) is 294 Å². The van der Waals surface area contributed by atoms with Crippen molar-refractivity contribution in [1.29, 1.82) is 0 Å². The van der Waals surface area contributed by atoms with Gasteiger partial charge < -0.3 is 23.2 Å². The Morgan fingerprint density at radius 3 is 1.38 bits per heavy atom. The Bertz CT molecular complexity index is 5430. The van der Waals surface area contributed by atoms with Gasteiger partial charge in [-0.25, -0.2) is 8.78 Å². The van der Waals surface area contributed by atoms with E-state index in [1.165, 1.54) is 68.1 Å². The van der Waals surface area contributed by atoms with Gasteiger partial charge in [-0.2, -0.15) is 0 Å². The fraction of sp³-hybridized carbons (Fsp3) is 0.0390. The number of furan rings is 2. The predicted octanol–water partition coefficient (Wildman–Crippen LogP) is 21.4. The SMILES string of the molecule is Cc1cccc2c1oc1c(N(c3ccc(F)cc3)c3ccc4c(c3)c3cc(N(c5ccc(F)cc5)c5cccc6c5oc5c(C)cccc56)cc5c3n4-c3ccccc3C53c4ccc5ccccc5c4-c4c3ccc3ccccc43)cccc12. The van der Waals surface area contributed by atoms with Gasteiger partial charge in [0.25, 0.3) is 0 Å². The molecule has 1 aliphatic carbocycles. The van der Waals surface area contributed by atoms with Crippen LogP contribution in [0.5, 0.6) is 0 Å². The topological polar surface area (TPSA) is 37.7 Å². The van der Waals surface area contributed by atoms with Crippen LogP contribution < -0.4 is 9.80 Å². The van der Waals surface area contributed by atoms with Crippen LogP contribution in [0.15, 0.2) is 258 Å². The number of aryl methyl sites for hydroxylation is 2. The third-order valence-electron chi connectivity index (χ3n) is 18.3. The molecule has 2 aliphatic rings. The Labute approximate surface area is 480 Å². The van der Waals surface area contributed by atoms with E-state index in [1.54, 1.807) is 0 Å². The number of benzene rings is 13. The standard InChI is InChI=1S/C77H47F2N3O2/c1-44-13-9-19-56-58-21-11-25-68(75(58)83-73(44)56)80(50-33-29-48(78)30-34-50)52-37-40-66-60(41-52)61-42-53(81(51-35-31-49(79)32-36-51)69-26-12-22-59-57-20-10-14-45(2)74(57)84-76(59)69)43-65-72(61)82(66)67-24-8-7-23-62(67)77(65)63-38-27-46-15-3-5-17-54(46)70(63)71-55-18-6-4-16-47(55)28-39-64(71)77/h3-43H,1-2H3. The molecule has 84 heavy (non-hydrogen) atoms. The summed E-state index contributed by atoms with van der Waals surface area (Å²) < 4.78 is 46.9. The van der Waals surface area contributed by atoms with Gasteiger partial charge in [-0.15, -0.1) is 0 Å². The second-order valence-corrected chi connectivity index (χ2v) is 22.7. The molecule has 0 unspecified atom stereocenters. The number of para-hydroxylation sites is 5. The highest BCUT2D eigenvalue weighted by atomic mass is 19.1. The minimum Gasteiger partial charge on any atom is -0.454 e. The first-order valence-corrected chi connectivity index (χ1v) is 28.5. The van der Waals surface area contributed by atoms with Crippen molar-refractivity contribution in [3.8, 4) is 16.8 Å². The molecule has 1 aliphatic heterocycles. The summed E-state index contributed by atoms with van der Waals surface area (Å²) in [6.45, 7) is 4.16. The summed E-state index contributed by atoms with van der Waals surface area (Å²) in [5.41, 5.74) is 19.5. The number of hydrogen-bond acceptors (Lipinski definition) is 4. The van der Waals surface area contributed by atoms with E-state index in [2.05, 4.69) is 228 Å². The minimum atomic E-state index is -0.858. The van der Waals surface area contributed by atoms with Crippen molar-refractivity contribution in [2.24, 2.45) is 0 Å². The number of halogens is 2. The fourth-order valence-corrected chi connectivity index (χ4v) is 14.8. The van der Waals surface area contributed by atoms with Crippen molar-refractivity contribution in [1.82, 2.24) is 4.57 Å². The van der Waals surface area contributed by atoms with Gasteiger partial charge in [0.15, 0.2) is 11.2 Å². The minimum absolute atomic E-state index is 0.323. The average molecular weight is 1080 g/mol. The molecular weight excluding hydrogens is 1040 g/mol. The van der Waals surface area contributed by atoms with Crippen molar-refractivity contribution < 1.29 is 17.6 Å². The van der Waals surface area contributed by atoms with Crippen LogP contribution in [-0.4, -0.2) is 4.57 Å². The van der Waals surface area contributed by atoms with Gasteiger partial charge in [0.2, 0.25) is 0 Å². The second-order valence-electron chi connectivity index (χ2n) is 22.7. The summed E-state index contributed by atoms with van der Waals surface area (Å²) in [4.78, 5) is 4.44. The lowest BCUT2D eigenvalue weighted by Gasteiger charge is -2.40. The molecule has 4 heterocycles. The zero-order chi connectivity index (χ0) is 55.7. The molecule has 16 aromatic rings. The van der Waals surface area contributed by atoms with E-state index in [0.717, 1.165) is 128 Å². The summed E-state index contributed by atoms with van der Waals surface area (Å²) in [6.07, 6.45) is 0.